The third kappa shape index (κ3) is 4.91. The van der Waals surface area contributed by atoms with Gasteiger partial charge in [-0.1, -0.05) is 6.92 Å². The van der Waals surface area contributed by atoms with Crippen molar-refractivity contribution >= 4 is 28.2 Å². The molecule has 0 amide bonds. The number of imidazole rings is 1. The molecule has 3 rings (SSSR count). The molecule has 0 radical (unpaired) electrons. The highest BCUT2D eigenvalue weighted by Crippen LogP contribution is 2.24. The summed E-state index contributed by atoms with van der Waals surface area (Å²) in [7, 11) is 0. The number of nitrogens with one attached hydrogen (secondary N) is 2. The molecule has 0 aliphatic rings. The number of hydrogen-bond donors (Lipinski definition) is 2. The number of H-pyrrole nitrogens is 1. The summed E-state index contributed by atoms with van der Waals surface area (Å²) in [5, 5.41) is 5.28. The summed E-state index contributed by atoms with van der Waals surface area (Å²) in [5.74, 6) is -0.926. The van der Waals surface area contributed by atoms with Crippen molar-refractivity contribution in [2.45, 2.75) is 59.7 Å². The fourth-order valence-electron chi connectivity index (χ4n) is 3.21. The van der Waals surface area contributed by atoms with Crippen LogP contribution in [0.25, 0.3) is 4.96 Å². The van der Waals surface area contributed by atoms with Crippen LogP contribution in [0.5, 0.6) is 0 Å². The smallest absolute Gasteiger partial charge is 0.355 e. The van der Waals surface area contributed by atoms with Gasteiger partial charge in [-0.3, -0.25) is 4.40 Å². The number of esters is 2. The zero-order valence-corrected chi connectivity index (χ0v) is 18.8. The van der Waals surface area contributed by atoms with Crippen molar-refractivity contribution in [3.8, 4) is 0 Å². The summed E-state index contributed by atoms with van der Waals surface area (Å²) in [6.07, 6.45) is 4.42. The van der Waals surface area contributed by atoms with Crippen LogP contribution in [0.1, 0.15) is 72.4 Å². The molecule has 0 saturated heterocycles. The van der Waals surface area contributed by atoms with Crippen LogP contribution in [0.15, 0.2) is 17.8 Å². The largest absolute Gasteiger partial charge is 0.462 e. The van der Waals surface area contributed by atoms with Gasteiger partial charge in [-0.2, -0.15) is 0 Å². The molecule has 0 spiro atoms. The lowest BCUT2D eigenvalue weighted by molar-refractivity contribution is 0.00621. The molecule has 0 aromatic carbocycles. The molecule has 30 heavy (non-hydrogen) atoms. The van der Waals surface area contributed by atoms with Gasteiger partial charge in [0.05, 0.1) is 17.9 Å². The highest BCUT2D eigenvalue weighted by molar-refractivity contribution is 7.15. The van der Waals surface area contributed by atoms with Gasteiger partial charge in [-0.05, 0) is 39.7 Å². The van der Waals surface area contributed by atoms with Crippen LogP contribution in [0.2, 0.25) is 0 Å². The lowest BCUT2D eigenvalue weighted by Crippen LogP contribution is -2.24. The monoisotopic (exact) mass is 432 g/mol. The number of aromatic nitrogens is 3. The quantitative estimate of drug-likeness (QED) is 0.527. The molecule has 0 bridgehead atoms. The first kappa shape index (κ1) is 22.0. The second kappa shape index (κ2) is 9.01. The Morgan fingerprint density at radius 1 is 1.23 bits per heavy atom. The molecular weight excluding hydrogens is 404 g/mol. The molecule has 162 valence electrons. The summed E-state index contributed by atoms with van der Waals surface area (Å²) in [6, 6.07) is 0. The molecule has 3 heterocycles. The van der Waals surface area contributed by atoms with Gasteiger partial charge >= 0.3 is 11.9 Å². The van der Waals surface area contributed by atoms with Gasteiger partial charge in [-0.15, -0.1) is 11.3 Å². The number of aromatic amines is 1. The first-order valence-electron chi connectivity index (χ1n) is 9.99. The highest BCUT2D eigenvalue weighted by atomic mass is 32.1. The standard InChI is InChI=1S/C21H28N4O4S/c1-6-14-16(18(26)28-7-2)15(24-17(14)19(27)29-21(3,4)5)11-22-10-13-12-25-8-9-30-20(25)23-13/h8-9,12,22,24H,6-7,10-11H2,1-5H3. The molecule has 0 unspecified atom stereocenters. The lowest BCUT2D eigenvalue weighted by Gasteiger charge is -2.19. The van der Waals surface area contributed by atoms with Gasteiger partial charge in [0.1, 0.15) is 11.3 Å². The Morgan fingerprint density at radius 3 is 2.63 bits per heavy atom. The Hall–Kier alpha value is -2.65. The van der Waals surface area contributed by atoms with E-state index >= 15 is 0 Å². The minimum Gasteiger partial charge on any atom is -0.462 e. The maximum absolute atomic E-state index is 12.7. The molecule has 3 aromatic rings. The van der Waals surface area contributed by atoms with Crippen LogP contribution < -0.4 is 5.32 Å². The number of nitrogens with zero attached hydrogens (tertiary/aromatic N) is 2. The van der Waals surface area contributed by atoms with Crippen LogP contribution in [0.3, 0.4) is 0 Å². The Bertz CT molecular complexity index is 1010. The molecule has 0 saturated carbocycles. The lowest BCUT2D eigenvalue weighted by atomic mass is 10.1. The highest BCUT2D eigenvalue weighted by Gasteiger charge is 2.29. The van der Waals surface area contributed by atoms with Gasteiger partial charge < -0.3 is 19.8 Å². The Morgan fingerprint density at radius 2 is 2.00 bits per heavy atom. The molecular formula is C21H28N4O4S. The molecule has 9 heteroatoms. The molecule has 0 fully saturated rings. The second-order valence-corrected chi connectivity index (χ2v) is 8.71. The van der Waals surface area contributed by atoms with Crippen LogP contribution in [-0.2, 0) is 29.0 Å². The van der Waals surface area contributed by atoms with E-state index in [1.54, 1.807) is 18.3 Å². The van der Waals surface area contributed by atoms with Gasteiger partial charge in [0, 0.05) is 36.6 Å². The molecule has 3 aromatic heterocycles. The SMILES string of the molecule is CCOC(=O)c1c(CNCc2cn3ccsc3n2)[nH]c(C(=O)OC(C)(C)C)c1CC. The van der Waals surface area contributed by atoms with Gasteiger partial charge in [0.25, 0.3) is 0 Å². The zero-order chi connectivity index (χ0) is 21.9. The average molecular weight is 433 g/mol. The maximum atomic E-state index is 12.7. The van der Waals surface area contributed by atoms with Crippen molar-refractivity contribution in [1.29, 1.82) is 0 Å². The van der Waals surface area contributed by atoms with Crippen molar-refractivity contribution in [1.82, 2.24) is 19.7 Å². The summed E-state index contributed by atoms with van der Waals surface area (Å²) in [6.45, 7) is 10.2. The number of carbonyl (C=O) groups excluding carboxylic acids is 2. The molecule has 0 atom stereocenters. The van der Waals surface area contributed by atoms with Crippen molar-refractivity contribution in [2.24, 2.45) is 0 Å². The van der Waals surface area contributed by atoms with Crippen molar-refractivity contribution in [3.05, 3.63) is 46.0 Å². The van der Waals surface area contributed by atoms with Crippen LogP contribution in [0, 0.1) is 0 Å². The first-order chi connectivity index (χ1) is 14.2. The van der Waals surface area contributed by atoms with Gasteiger partial charge in [-0.25, -0.2) is 14.6 Å². The number of thiazole rings is 1. The predicted octanol–water partition coefficient (Wildman–Crippen LogP) is 3.71. The summed E-state index contributed by atoms with van der Waals surface area (Å²) in [5.41, 5.74) is 2.18. The van der Waals surface area contributed by atoms with Gasteiger partial charge in [0.15, 0.2) is 4.96 Å². The fraction of sp³-hybridized carbons (Fsp3) is 0.476. The van der Waals surface area contributed by atoms with E-state index in [9.17, 15) is 9.59 Å². The van der Waals surface area contributed by atoms with E-state index in [2.05, 4.69) is 15.3 Å². The van der Waals surface area contributed by atoms with E-state index in [1.807, 2.05) is 49.9 Å². The normalized spacial score (nSPS) is 11.8. The molecule has 2 N–H and O–H groups in total. The van der Waals surface area contributed by atoms with Gasteiger partial charge in [0.2, 0.25) is 0 Å². The fourth-order valence-corrected chi connectivity index (χ4v) is 3.93. The summed E-state index contributed by atoms with van der Waals surface area (Å²) >= 11 is 1.57. The van der Waals surface area contributed by atoms with E-state index in [0.717, 1.165) is 10.7 Å². The molecule has 0 aliphatic heterocycles. The van der Waals surface area contributed by atoms with Crippen molar-refractivity contribution < 1.29 is 19.1 Å². The Kier molecular flexibility index (Phi) is 6.62. The molecule has 0 aliphatic carbocycles. The van der Waals surface area contributed by atoms with Crippen molar-refractivity contribution in [2.75, 3.05) is 6.61 Å². The van der Waals surface area contributed by atoms with Crippen LogP contribution in [0.4, 0.5) is 0 Å². The zero-order valence-electron chi connectivity index (χ0n) is 18.0. The van der Waals surface area contributed by atoms with Crippen LogP contribution >= 0.6 is 11.3 Å². The topological polar surface area (TPSA) is 97.7 Å². The second-order valence-electron chi connectivity index (χ2n) is 7.84. The third-order valence-corrected chi connectivity index (χ3v) is 5.14. The minimum absolute atomic E-state index is 0.257. The van der Waals surface area contributed by atoms with E-state index in [0.29, 0.717) is 42.0 Å². The molecule has 8 nitrogen and oxygen atoms in total. The third-order valence-electron chi connectivity index (χ3n) is 4.37. The Labute approximate surface area is 179 Å². The van der Waals surface area contributed by atoms with E-state index < -0.39 is 17.5 Å². The van der Waals surface area contributed by atoms with Crippen LogP contribution in [-0.4, -0.2) is 38.5 Å². The first-order valence-corrected chi connectivity index (χ1v) is 10.9. The minimum atomic E-state index is -0.635. The number of hydrogen-bond acceptors (Lipinski definition) is 7. The maximum Gasteiger partial charge on any atom is 0.355 e. The number of ether oxygens (including phenoxy) is 2. The Balaban J connectivity index is 1.83. The number of rotatable bonds is 8. The predicted molar refractivity (Wildman–Crippen MR) is 115 cm³/mol. The number of carbonyl (C=O) groups is 2. The summed E-state index contributed by atoms with van der Waals surface area (Å²) < 4.78 is 12.7. The average Bonchev–Trinajstić information content (AvgIpc) is 3.33. The summed E-state index contributed by atoms with van der Waals surface area (Å²) in [4.78, 5) is 33.9. The number of fused-ring (bicyclic) bond motifs is 1. The van der Waals surface area contributed by atoms with E-state index in [1.165, 1.54) is 0 Å². The van der Waals surface area contributed by atoms with Crippen molar-refractivity contribution in [3.63, 3.8) is 0 Å². The van der Waals surface area contributed by atoms with E-state index in [4.69, 9.17) is 9.47 Å². The van der Waals surface area contributed by atoms with E-state index in [-0.39, 0.29) is 6.61 Å².